The van der Waals surface area contributed by atoms with E-state index in [1.165, 1.54) is 0 Å². The van der Waals surface area contributed by atoms with Crippen molar-refractivity contribution < 1.29 is 18.3 Å². The molecular formula is C13H20O4S. The Hall–Kier alpha value is -1.07. The van der Waals surface area contributed by atoms with Crippen LogP contribution in [0.25, 0.3) is 0 Å². The van der Waals surface area contributed by atoms with E-state index in [-0.39, 0.29) is 18.1 Å². The monoisotopic (exact) mass is 272 g/mol. The van der Waals surface area contributed by atoms with Gasteiger partial charge in [0.1, 0.15) is 12.4 Å². The van der Waals surface area contributed by atoms with Gasteiger partial charge < -0.3 is 9.84 Å². The van der Waals surface area contributed by atoms with Gasteiger partial charge in [0, 0.05) is 11.3 Å². The number of sulfone groups is 1. The lowest BCUT2D eigenvalue weighted by Crippen LogP contribution is -2.16. The van der Waals surface area contributed by atoms with Gasteiger partial charge in [-0.3, -0.25) is 0 Å². The first kappa shape index (κ1) is 15.0. The molecule has 4 nitrogen and oxygen atoms in total. The quantitative estimate of drug-likeness (QED) is 0.858. The fourth-order valence-electron chi connectivity index (χ4n) is 1.55. The number of rotatable bonds is 6. The molecule has 0 fully saturated rings. The lowest BCUT2D eigenvalue weighted by atomic mass is 10.1. The molecule has 18 heavy (non-hydrogen) atoms. The summed E-state index contributed by atoms with van der Waals surface area (Å²) >= 11 is 0. The predicted molar refractivity (Wildman–Crippen MR) is 71.6 cm³/mol. The van der Waals surface area contributed by atoms with Crippen molar-refractivity contribution in [3.8, 4) is 5.75 Å². The van der Waals surface area contributed by atoms with Crippen LogP contribution in [0.15, 0.2) is 18.2 Å². The van der Waals surface area contributed by atoms with E-state index >= 15 is 0 Å². The molecule has 0 aliphatic carbocycles. The summed E-state index contributed by atoms with van der Waals surface area (Å²) in [6.45, 7) is 5.31. The van der Waals surface area contributed by atoms with Crippen LogP contribution in [0.1, 0.15) is 31.1 Å². The molecule has 1 rings (SSSR count). The average molecular weight is 272 g/mol. The molecule has 0 aliphatic heterocycles. The van der Waals surface area contributed by atoms with Crippen LogP contribution in [0, 0.1) is 6.92 Å². The standard InChI is InChI=1S/C13H20O4S/c1-4-18(15,16)8-7-17-13-6-5-10(2)9-12(13)11(3)14/h5-6,9,11,14H,4,7-8H2,1-3H3/t11-/m0/s1. The topological polar surface area (TPSA) is 63.6 Å². The highest BCUT2D eigenvalue weighted by Gasteiger charge is 2.11. The van der Waals surface area contributed by atoms with Gasteiger partial charge in [-0.15, -0.1) is 0 Å². The summed E-state index contributed by atoms with van der Waals surface area (Å²) in [5.74, 6) is 0.659. The molecule has 0 aromatic heterocycles. The van der Waals surface area contributed by atoms with Gasteiger partial charge in [0.2, 0.25) is 0 Å². The summed E-state index contributed by atoms with van der Waals surface area (Å²) in [6.07, 6.45) is -0.636. The lowest BCUT2D eigenvalue weighted by molar-refractivity contribution is 0.192. The molecule has 0 amide bonds. The molecule has 0 saturated heterocycles. The van der Waals surface area contributed by atoms with Crippen molar-refractivity contribution in [2.45, 2.75) is 26.9 Å². The summed E-state index contributed by atoms with van der Waals surface area (Å²) < 4.78 is 28.1. The molecule has 0 radical (unpaired) electrons. The van der Waals surface area contributed by atoms with Crippen LogP contribution in [0.2, 0.25) is 0 Å². The summed E-state index contributed by atoms with van der Waals surface area (Å²) in [4.78, 5) is 0. The van der Waals surface area contributed by atoms with Crippen LogP contribution in [0.4, 0.5) is 0 Å². The highest BCUT2D eigenvalue weighted by Crippen LogP contribution is 2.26. The zero-order valence-electron chi connectivity index (χ0n) is 11.0. The second kappa shape index (κ2) is 6.20. The minimum atomic E-state index is -3.02. The molecule has 1 atom stereocenters. The Labute approximate surface area is 109 Å². The van der Waals surface area contributed by atoms with Gasteiger partial charge >= 0.3 is 0 Å². The summed E-state index contributed by atoms with van der Waals surface area (Å²) in [5.41, 5.74) is 1.71. The summed E-state index contributed by atoms with van der Waals surface area (Å²) in [5, 5.41) is 9.64. The van der Waals surface area contributed by atoms with Crippen molar-refractivity contribution in [1.82, 2.24) is 0 Å². The van der Waals surface area contributed by atoms with Crippen LogP contribution in [0.5, 0.6) is 5.75 Å². The first-order valence-electron chi connectivity index (χ1n) is 5.97. The van der Waals surface area contributed by atoms with E-state index in [1.54, 1.807) is 19.9 Å². The van der Waals surface area contributed by atoms with E-state index in [1.807, 2.05) is 19.1 Å². The number of aliphatic hydroxyl groups is 1. The molecular weight excluding hydrogens is 252 g/mol. The van der Waals surface area contributed by atoms with Crippen LogP contribution >= 0.6 is 0 Å². The van der Waals surface area contributed by atoms with E-state index in [4.69, 9.17) is 4.74 Å². The summed E-state index contributed by atoms with van der Waals surface area (Å²) in [7, 11) is -3.02. The molecule has 0 heterocycles. The SMILES string of the molecule is CCS(=O)(=O)CCOc1ccc(C)cc1[C@H](C)O. The molecule has 1 aromatic carbocycles. The van der Waals surface area contributed by atoms with Crippen LogP contribution in [0.3, 0.4) is 0 Å². The molecule has 1 N–H and O–H groups in total. The predicted octanol–water partition coefficient (Wildman–Crippen LogP) is 1.86. The normalized spacial score (nSPS) is 13.3. The van der Waals surface area contributed by atoms with Crippen LogP contribution in [-0.2, 0) is 9.84 Å². The average Bonchev–Trinajstić information content (AvgIpc) is 2.30. The van der Waals surface area contributed by atoms with E-state index in [9.17, 15) is 13.5 Å². The summed E-state index contributed by atoms with van der Waals surface area (Å²) in [6, 6.07) is 5.47. The van der Waals surface area contributed by atoms with E-state index < -0.39 is 15.9 Å². The Balaban J connectivity index is 2.73. The number of hydrogen-bond acceptors (Lipinski definition) is 4. The van der Waals surface area contributed by atoms with E-state index in [0.29, 0.717) is 11.3 Å². The molecule has 0 spiro atoms. The van der Waals surface area contributed by atoms with Crippen molar-refractivity contribution in [1.29, 1.82) is 0 Å². The smallest absolute Gasteiger partial charge is 0.153 e. The number of aliphatic hydroxyl groups excluding tert-OH is 1. The van der Waals surface area contributed by atoms with Gasteiger partial charge in [0.25, 0.3) is 0 Å². The molecule has 102 valence electrons. The maximum absolute atomic E-state index is 11.3. The zero-order valence-corrected chi connectivity index (χ0v) is 11.8. The van der Waals surface area contributed by atoms with Crippen molar-refractivity contribution in [3.05, 3.63) is 29.3 Å². The van der Waals surface area contributed by atoms with Gasteiger partial charge in [-0.1, -0.05) is 18.6 Å². The zero-order chi connectivity index (χ0) is 13.8. The third-order valence-electron chi connectivity index (χ3n) is 2.71. The third kappa shape index (κ3) is 4.31. The van der Waals surface area contributed by atoms with Gasteiger partial charge in [-0.2, -0.15) is 0 Å². The van der Waals surface area contributed by atoms with Crippen LogP contribution < -0.4 is 4.74 Å². The Bertz CT molecular complexity index is 492. The van der Waals surface area contributed by atoms with Gasteiger partial charge in [-0.05, 0) is 26.0 Å². The molecule has 0 aliphatic rings. The van der Waals surface area contributed by atoms with Gasteiger partial charge in [-0.25, -0.2) is 8.42 Å². The fraction of sp³-hybridized carbons (Fsp3) is 0.538. The molecule has 0 unspecified atom stereocenters. The number of hydrogen-bond donors (Lipinski definition) is 1. The van der Waals surface area contributed by atoms with Gasteiger partial charge in [0.15, 0.2) is 9.84 Å². The first-order valence-corrected chi connectivity index (χ1v) is 7.79. The molecule has 0 saturated carbocycles. The number of ether oxygens (including phenoxy) is 1. The molecule has 0 bridgehead atoms. The lowest BCUT2D eigenvalue weighted by Gasteiger charge is -2.14. The molecule has 1 aromatic rings. The second-order valence-corrected chi connectivity index (χ2v) is 6.77. The number of aryl methyl sites for hydroxylation is 1. The third-order valence-corrected chi connectivity index (χ3v) is 4.38. The van der Waals surface area contributed by atoms with Crippen molar-refractivity contribution >= 4 is 9.84 Å². The Morgan fingerprint density at radius 1 is 1.39 bits per heavy atom. The number of benzene rings is 1. The highest BCUT2D eigenvalue weighted by molar-refractivity contribution is 7.91. The minimum Gasteiger partial charge on any atom is -0.492 e. The maximum Gasteiger partial charge on any atom is 0.153 e. The van der Waals surface area contributed by atoms with Crippen molar-refractivity contribution in [2.75, 3.05) is 18.1 Å². The second-order valence-electron chi connectivity index (χ2n) is 4.30. The minimum absolute atomic E-state index is 0.00335. The Morgan fingerprint density at radius 3 is 2.61 bits per heavy atom. The molecule has 5 heteroatoms. The first-order chi connectivity index (χ1) is 8.35. The largest absolute Gasteiger partial charge is 0.492 e. The Morgan fingerprint density at radius 2 is 2.06 bits per heavy atom. The Kier molecular flexibility index (Phi) is 5.16. The van der Waals surface area contributed by atoms with E-state index in [0.717, 1.165) is 5.56 Å². The highest BCUT2D eigenvalue weighted by atomic mass is 32.2. The van der Waals surface area contributed by atoms with Crippen molar-refractivity contribution in [2.24, 2.45) is 0 Å². The van der Waals surface area contributed by atoms with Crippen molar-refractivity contribution in [3.63, 3.8) is 0 Å². The van der Waals surface area contributed by atoms with Gasteiger partial charge in [0.05, 0.1) is 11.9 Å². The maximum atomic E-state index is 11.3. The van der Waals surface area contributed by atoms with Crippen LogP contribution in [-0.4, -0.2) is 31.6 Å². The fourth-order valence-corrected chi connectivity index (χ4v) is 2.17. The van der Waals surface area contributed by atoms with E-state index in [2.05, 4.69) is 0 Å².